The van der Waals surface area contributed by atoms with E-state index in [9.17, 15) is 9.59 Å². The Labute approximate surface area is 155 Å². The summed E-state index contributed by atoms with van der Waals surface area (Å²) in [4.78, 5) is 29.5. The molecule has 0 unspecified atom stereocenters. The molecular weight excluding hydrogens is 344 g/mol. The van der Waals surface area contributed by atoms with Gasteiger partial charge >= 0.3 is 0 Å². The molecule has 7 heteroatoms. The standard InChI is InChI=1S/C20H20N4O3/c1-3-13(2)22-19(25)17-9-8-14(27-17)12-24-18-15(6-4-10-21-18)23-11-5-7-16(23)20(24)26/h4-11,13H,3,12H2,1-2H3,(H,22,25)/t13-/m0/s1. The molecule has 0 aliphatic carbocycles. The van der Waals surface area contributed by atoms with Crippen LogP contribution < -0.4 is 10.9 Å². The molecule has 138 valence electrons. The molecular formula is C20H20N4O3. The summed E-state index contributed by atoms with van der Waals surface area (Å²) in [5, 5.41) is 2.87. The summed E-state index contributed by atoms with van der Waals surface area (Å²) in [7, 11) is 0. The van der Waals surface area contributed by atoms with Gasteiger partial charge in [0.2, 0.25) is 0 Å². The first kappa shape index (κ1) is 17.1. The van der Waals surface area contributed by atoms with Gasteiger partial charge in [-0.05, 0) is 49.7 Å². The average molecular weight is 364 g/mol. The topological polar surface area (TPSA) is 81.5 Å². The molecule has 27 heavy (non-hydrogen) atoms. The third kappa shape index (κ3) is 3.01. The van der Waals surface area contributed by atoms with E-state index in [1.54, 1.807) is 29.0 Å². The van der Waals surface area contributed by atoms with Gasteiger partial charge in [-0.15, -0.1) is 0 Å². The van der Waals surface area contributed by atoms with Crippen LogP contribution in [-0.4, -0.2) is 25.9 Å². The fourth-order valence-electron chi connectivity index (χ4n) is 3.07. The highest BCUT2D eigenvalue weighted by Crippen LogP contribution is 2.16. The van der Waals surface area contributed by atoms with Crippen LogP contribution in [0.3, 0.4) is 0 Å². The number of furan rings is 1. The fraction of sp³-hybridized carbons (Fsp3) is 0.250. The fourth-order valence-corrected chi connectivity index (χ4v) is 3.07. The highest BCUT2D eigenvalue weighted by Gasteiger charge is 2.16. The average Bonchev–Trinajstić information content (AvgIpc) is 3.35. The Kier molecular flexibility index (Phi) is 4.27. The quantitative estimate of drug-likeness (QED) is 0.590. The zero-order chi connectivity index (χ0) is 19.0. The minimum Gasteiger partial charge on any atom is -0.454 e. The Hall–Kier alpha value is -3.35. The minimum atomic E-state index is -0.257. The third-order valence-electron chi connectivity index (χ3n) is 4.68. The van der Waals surface area contributed by atoms with Crippen molar-refractivity contribution in [2.45, 2.75) is 32.9 Å². The number of pyridine rings is 1. The molecule has 0 fully saturated rings. The molecule has 1 N–H and O–H groups in total. The van der Waals surface area contributed by atoms with Crippen molar-refractivity contribution < 1.29 is 9.21 Å². The van der Waals surface area contributed by atoms with Crippen LogP contribution in [0.15, 0.2) is 58.0 Å². The predicted octanol–water partition coefficient (Wildman–Crippen LogP) is 2.82. The summed E-state index contributed by atoms with van der Waals surface area (Å²) in [6, 6.07) is 10.8. The van der Waals surface area contributed by atoms with Gasteiger partial charge in [0, 0.05) is 18.4 Å². The van der Waals surface area contributed by atoms with E-state index in [4.69, 9.17) is 4.42 Å². The van der Waals surface area contributed by atoms with E-state index >= 15 is 0 Å². The summed E-state index contributed by atoms with van der Waals surface area (Å²) in [6.45, 7) is 4.14. The van der Waals surface area contributed by atoms with Gasteiger partial charge in [0.05, 0.1) is 12.1 Å². The number of carbonyl (C=O) groups excluding carboxylic acids is 1. The van der Waals surface area contributed by atoms with Crippen LogP contribution in [0.5, 0.6) is 0 Å². The highest BCUT2D eigenvalue weighted by molar-refractivity contribution is 5.91. The molecule has 4 rings (SSSR count). The second-order valence-electron chi connectivity index (χ2n) is 6.55. The Morgan fingerprint density at radius 2 is 2.04 bits per heavy atom. The lowest BCUT2D eigenvalue weighted by atomic mass is 10.2. The summed E-state index contributed by atoms with van der Waals surface area (Å²) in [6.07, 6.45) is 4.33. The van der Waals surface area contributed by atoms with Gasteiger partial charge in [-0.3, -0.25) is 14.2 Å². The van der Waals surface area contributed by atoms with Gasteiger partial charge in [-0.25, -0.2) is 4.98 Å². The molecule has 0 spiro atoms. The van der Waals surface area contributed by atoms with Gasteiger partial charge in [0.25, 0.3) is 11.5 Å². The second-order valence-corrected chi connectivity index (χ2v) is 6.55. The maximum Gasteiger partial charge on any atom is 0.287 e. The summed E-state index contributed by atoms with van der Waals surface area (Å²) < 4.78 is 9.08. The van der Waals surface area contributed by atoms with Crippen LogP contribution in [0.4, 0.5) is 0 Å². The van der Waals surface area contributed by atoms with Crippen molar-refractivity contribution >= 4 is 22.6 Å². The first-order chi connectivity index (χ1) is 13.1. The number of hydrogen-bond donors (Lipinski definition) is 1. The van der Waals surface area contributed by atoms with Crippen molar-refractivity contribution in [2.75, 3.05) is 0 Å². The smallest absolute Gasteiger partial charge is 0.287 e. The molecule has 0 aliphatic rings. The second kappa shape index (κ2) is 6.75. The van der Waals surface area contributed by atoms with Gasteiger partial charge < -0.3 is 14.1 Å². The number of rotatable bonds is 5. The number of amides is 1. The number of nitrogens with one attached hydrogen (secondary N) is 1. The zero-order valence-electron chi connectivity index (χ0n) is 15.2. The van der Waals surface area contributed by atoms with Crippen LogP contribution in [0.2, 0.25) is 0 Å². The summed E-state index contributed by atoms with van der Waals surface area (Å²) in [5.41, 5.74) is 1.80. The Balaban J connectivity index is 1.73. The van der Waals surface area contributed by atoms with Crippen molar-refractivity contribution in [2.24, 2.45) is 0 Å². The Bertz CT molecular complexity index is 1180. The van der Waals surface area contributed by atoms with E-state index in [0.717, 1.165) is 11.9 Å². The van der Waals surface area contributed by atoms with Crippen molar-refractivity contribution in [3.05, 3.63) is 70.7 Å². The number of hydrogen-bond acceptors (Lipinski definition) is 4. The Morgan fingerprint density at radius 1 is 1.22 bits per heavy atom. The van der Waals surface area contributed by atoms with Crippen LogP contribution >= 0.6 is 0 Å². The van der Waals surface area contributed by atoms with Gasteiger partial charge in [0.1, 0.15) is 11.3 Å². The van der Waals surface area contributed by atoms with E-state index in [1.165, 1.54) is 0 Å². The first-order valence-electron chi connectivity index (χ1n) is 8.92. The lowest BCUT2D eigenvalue weighted by molar-refractivity contribution is 0.0909. The van der Waals surface area contributed by atoms with E-state index in [1.807, 2.05) is 42.6 Å². The lowest BCUT2D eigenvalue weighted by Gasteiger charge is -2.11. The van der Waals surface area contributed by atoms with Crippen LogP contribution in [0.25, 0.3) is 16.7 Å². The third-order valence-corrected chi connectivity index (χ3v) is 4.68. The molecule has 0 radical (unpaired) electrons. The molecule has 0 aromatic carbocycles. The van der Waals surface area contributed by atoms with E-state index in [2.05, 4.69) is 10.3 Å². The van der Waals surface area contributed by atoms with Crippen LogP contribution in [0, 0.1) is 0 Å². The molecule has 4 heterocycles. The summed E-state index contributed by atoms with van der Waals surface area (Å²) in [5.74, 6) is 0.501. The molecule has 4 aromatic rings. The van der Waals surface area contributed by atoms with Crippen molar-refractivity contribution in [1.82, 2.24) is 19.3 Å². The molecule has 1 atom stereocenters. The molecule has 1 amide bonds. The van der Waals surface area contributed by atoms with Crippen molar-refractivity contribution in [3.63, 3.8) is 0 Å². The van der Waals surface area contributed by atoms with E-state index in [-0.39, 0.29) is 29.8 Å². The van der Waals surface area contributed by atoms with Gasteiger partial charge in [-0.1, -0.05) is 6.92 Å². The number of aromatic nitrogens is 3. The Morgan fingerprint density at radius 3 is 2.85 bits per heavy atom. The molecule has 0 saturated carbocycles. The van der Waals surface area contributed by atoms with Crippen molar-refractivity contribution in [3.8, 4) is 0 Å². The molecule has 4 aromatic heterocycles. The maximum absolute atomic E-state index is 12.9. The number of carbonyl (C=O) groups is 1. The molecule has 0 bridgehead atoms. The van der Waals surface area contributed by atoms with Crippen LogP contribution in [0.1, 0.15) is 36.6 Å². The normalized spacial score (nSPS) is 12.5. The minimum absolute atomic E-state index is 0.0681. The van der Waals surface area contributed by atoms with Crippen molar-refractivity contribution in [1.29, 1.82) is 0 Å². The van der Waals surface area contributed by atoms with E-state index < -0.39 is 0 Å². The zero-order valence-corrected chi connectivity index (χ0v) is 15.2. The van der Waals surface area contributed by atoms with E-state index in [0.29, 0.717) is 16.9 Å². The molecule has 7 nitrogen and oxygen atoms in total. The molecule has 0 saturated heterocycles. The number of nitrogens with zero attached hydrogens (tertiary/aromatic N) is 3. The monoisotopic (exact) mass is 364 g/mol. The largest absolute Gasteiger partial charge is 0.454 e. The maximum atomic E-state index is 12.9. The SMILES string of the molecule is CC[C@H](C)NC(=O)c1ccc(Cn2c(=O)c3cccn3c3cccnc32)o1. The first-order valence-corrected chi connectivity index (χ1v) is 8.92. The lowest BCUT2D eigenvalue weighted by Crippen LogP contribution is -2.31. The van der Waals surface area contributed by atoms with Gasteiger partial charge in [0.15, 0.2) is 11.4 Å². The highest BCUT2D eigenvalue weighted by atomic mass is 16.4. The molecule has 0 aliphatic heterocycles. The predicted molar refractivity (Wildman–Crippen MR) is 102 cm³/mol. The van der Waals surface area contributed by atoms with Gasteiger partial charge in [-0.2, -0.15) is 0 Å². The van der Waals surface area contributed by atoms with Crippen LogP contribution in [-0.2, 0) is 6.54 Å². The summed E-state index contributed by atoms with van der Waals surface area (Å²) >= 11 is 0. The number of fused-ring (bicyclic) bond motifs is 3.